The fourth-order valence-electron chi connectivity index (χ4n) is 1.80. The standard InChI is InChI=1S/C12H23N3S/c1-3-5-7-8-9-11-13-14-12(16)15(11)10-6-4-2/h3-10H2,1-2H3,(H,14,16). The summed E-state index contributed by atoms with van der Waals surface area (Å²) < 4.78 is 2.93. The summed E-state index contributed by atoms with van der Waals surface area (Å²) in [5.74, 6) is 1.13. The van der Waals surface area contributed by atoms with Gasteiger partial charge in [0.2, 0.25) is 0 Å². The number of aromatic nitrogens is 3. The maximum atomic E-state index is 5.23. The summed E-state index contributed by atoms with van der Waals surface area (Å²) in [7, 11) is 0. The van der Waals surface area contributed by atoms with Crippen LogP contribution >= 0.6 is 12.2 Å². The molecule has 1 aromatic heterocycles. The van der Waals surface area contributed by atoms with Gasteiger partial charge in [-0.05, 0) is 25.1 Å². The van der Waals surface area contributed by atoms with Crippen molar-refractivity contribution in [3.8, 4) is 0 Å². The average molecular weight is 241 g/mol. The monoisotopic (exact) mass is 241 g/mol. The molecule has 0 radical (unpaired) electrons. The SMILES string of the molecule is CCCCCCc1n[nH]c(=S)n1CCCC. The van der Waals surface area contributed by atoms with Crippen molar-refractivity contribution < 1.29 is 0 Å². The molecule has 92 valence electrons. The quantitative estimate of drug-likeness (QED) is 0.554. The average Bonchev–Trinajstić information content (AvgIpc) is 2.63. The third-order valence-electron chi connectivity index (χ3n) is 2.83. The maximum Gasteiger partial charge on any atom is 0.195 e. The molecule has 0 unspecified atom stereocenters. The Balaban J connectivity index is 2.48. The summed E-state index contributed by atoms with van der Waals surface area (Å²) in [6, 6.07) is 0. The van der Waals surface area contributed by atoms with Crippen LogP contribution < -0.4 is 0 Å². The smallest absolute Gasteiger partial charge is 0.195 e. The molecule has 0 aliphatic rings. The highest BCUT2D eigenvalue weighted by Crippen LogP contribution is 2.07. The van der Waals surface area contributed by atoms with Gasteiger partial charge < -0.3 is 4.57 Å². The van der Waals surface area contributed by atoms with Gasteiger partial charge in [0.1, 0.15) is 5.82 Å². The van der Waals surface area contributed by atoms with E-state index in [0.717, 1.165) is 23.6 Å². The Kier molecular flexibility index (Phi) is 6.38. The zero-order chi connectivity index (χ0) is 11.8. The highest BCUT2D eigenvalue weighted by molar-refractivity contribution is 7.71. The van der Waals surface area contributed by atoms with Crippen LogP contribution in [0, 0.1) is 4.77 Å². The van der Waals surface area contributed by atoms with Crippen molar-refractivity contribution in [2.24, 2.45) is 0 Å². The van der Waals surface area contributed by atoms with Crippen LogP contribution in [0.5, 0.6) is 0 Å². The lowest BCUT2D eigenvalue weighted by atomic mass is 10.1. The first-order valence-electron chi connectivity index (χ1n) is 6.43. The molecule has 0 aliphatic heterocycles. The van der Waals surface area contributed by atoms with Crippen LogP contribution in [0.1, 0.15) is 58.2 Å². The molecule has 16 heavy (non-hydrogen) atoms. The number of aromatic amines is 1. The van der Waals surface area contributed by atoms with E-state index in [1.165, 1.54) is 38.5 Å². The molecule has 0 aliphatic carbocycles. The van der Waals surface area contributed by atoms with Crippen LogP contribution in [0.2, 0.25) is 0 Å². The summed E-state index contributed by atoms with van der Waals surface area (Å²) in [5.41, 5.74) is 0. The zero-order valence-corrected chi connectivity index (χ0v) is 11.3. The number of H-pyrrole nitrogens is 1. The maximum absolute atomic E-state index is 5.23. The molecule has 0 atom stereocenters. The second-order valence-electron chi connectivity index (χ2n) is 4.26. The van der Waals surface area contributed by atoms with Crippen molar-refractivity contribution >= 4 is 12.2 Å². The van der Waals surface area contributed by atoms with E-state index in [9.17, 15) is 0 Å². The molecule has 1 N–H and O–H groups in total. The predicted molar refractivity (Wildman–Crippen MR) is 70.2 cm³/mol. The second kappa shape index (κ2) is 7.60. The Hall–Kier alpha value is -0.640. The molecule has 0 fully saturated rings. The lowest BCUT2D eigenvalue weighted by Gasteiger charge is -2.05. The second-order valence-corrected chi connectivity index (χ2v) is 4.65. The van der Waals surface area contributed by atoms with Gasteiger partial charge in [0.05, 0.1) is 0 Å². The van der Waals surface area contributed by atoms with E-state index in [2.05, 4.69) is 28.6 Å². The van der Waals surface area contributed by atoms with E-state index in [4.69, 9.17) is 12.2 Å². The molecule has 0 bridgehead atoms. The number of hydrogen-bond acceptors (Lipinski definition) is 2. The van der Waals surface area contributed by atoms with Gasteiger partial charge in [-0.3, -0.25) is 5.10 Å². The summed E-state index contributed by atoms with van der Waals surface area (Å²) >= 11 is 5.23. The van der Waals surface area contributed by atoms with Gasteiger partial charge in [-0.15, -0.1) is 0 Å². The van der Waals surface area contributed by atoms with Crippen LogP contribution in [0.4, 0.5) is 0 Å². The number of aryl methyl sites for hydroxylation is 1. The van der Waals surface area contributed by atoms with Gasteiger partial charge in [0, 0.05) is 13.0 Å². The Bertz CT molecular complexity index is 340. The first-order valence-corrected chi connectivity index (χ1v) is 6.84. The normalized spacial score (nSPS) is 10.9. The van der Waals surface area contributed by atoms with Gasteiger partial charge >= 0.3 is 0 Å². The lowest BCUT2D eigenvalue weighted by molar-refractivity contribution is 0.575. The fraction of sp³-hybridized carbons (Fsp3) is 0.833. The molecule has 0 aromatic carbocycles. The van der Waals surface area contributed by atoms with Crippen molar-refractivity contribution in [3.05, 3.63) is 10.6 Å². The van der Waals surface area contributed by atoms with E-state index in [0.29, 0.717) is 0 Å². The van der Waals surface area contributed by atoms with Crippen LogP contribution in [0.3, 0.4) is 0 Å². The molecule has 1 aromatic rings. The highest BCUT2D eigenvalue weighted by Gasteiger charge is 2.04. The first-order chi connectivity index (χ1) is 7.79. The van der Waals surface area contributed by atoms with Gasteiger partial charge in [0.25, 0.3) is 0 Å². The van der Waals surface area contributed by atoms with E-state index in [1.54, 1.807) is 0 Å². The summed E-state index contributed by atoms with van der Waals surface area (Å²) in [6.07, 6.45) is 8.54. The van der Waals surface area contributed by atoms with Gasteiger partial charge in [-0.2, -0.15) is 5.10 Å². The van der Waals surface area contributed by atoms with Crippen molar-refractivity contribution in [2.75, 3.05) is 0 Å². The Labute approximate surface area is 103 Å². The van der Waals surface area contributed by atoms with Gasteiger partial charge in [0.15, 0.2) is 4.77 Å². The molecule has 4 heteroatoms. The minimum absolute atomic E-state index is 0.777. The van der Waals surface area contributed by atoms with Crippen LogP contribution in [-0.2, 0) is 13.0 Å². The molecule has 1 heterocycles. The van der Waals surface area contributed by atoms with Crippen LogP contribution in [-0.4, -0.2) is 14.8 Å². The topological polar surface area (TPSA) is 33.6 Å². The van der Waals surface area contributed by atoms with E-state index < -0.39 is 0 Å². The summed E-state index contributed by atoms with van der Waals surface area (Å²) in [4.78, 5) is 0. The van der Waals surface area contributed by atoms with Crippen molar-refractivity contribution in [1.29, 1.82) is 0 Å². The fourth-order valence-corrected chi connectivity index (χ4v) is 2.04. The molecule has 0 amide bonds. The number of nitrogens with one attached hydrogen (secondary N) is 1. The van der Waals surface area contributed by atoms with Crippen molar-refractivity contribution in [1.82, 2.24) is 14.8 Å². The molecular formula is C12H23N3S. The van der Waals surface area contributed by atoms with Crippen LogP contribution in [0.15, 0.2) is 0 Å². The Morgan fingerprint density at radius 3 is 2.56 bits per heavy atom. The summed E-state index contributed by atoms with van der Waals surface area (Å²) in [5, 5.41) is 7.21. The van der Waals surface area contributed by atoms with Crippen molar-refractivity contribution in [2.45, 2.75) is 65.3 Å². The van der Waals surface area contributed by atoms with Crippen LogP contribution in [0.25, 0.3) is 0 Å². The van der Waals surface area contributed by atoms with Gasteiger partial charge in [-0.1, -0.05) is 39.5 Å². The lowest BCUT2D eigenvalue weighted by Crippen LogP contribution is -2.04. The minimum Gasteiger partial charge on any atom is -0.304 e. The third-order valence-corrected chi connectivity index (χ3v) is 3.14. The molecule has 0 saturated heterocycles. The van der Waals surface area contributed by atoms with Gasteiger partial charge in [-0.25, -0.2) is 0 Å². The predicted octanol–water partition coefficient (Wildman–Crippen LogP) is 3.86. The molecule has 1 rings (SSSR count). The zero-order valence-electron chi connectivity index (χ0n) is 10.5. The number of rotatable bonds is 8. The third kappa shape index (κ3) is 4.08. The Morgan fingerprint density at radius 1 is 1.12 bits per heavy atom. The first kappa shape index (κ1) is 13.4. The molecule has 3 nitrogen and oxygen atoms in total. The van der Waals surface area contributed by atoms with E-state index >= 15 is 0 Å². The molecule has 0 saturated carbocycles. The number of hydrogen-bond donors (Lipinski definition) is 1. The number of unbranched alkanes of at least 4 members (excludes halogenated alkanes) is 4. The largest absolute Gasteiger partial charge is 0.304 e. The minimum atomic E-state index is 0.777. The molecule has 0 spiro atoms. The van der Waals surface area contributed by atoms with E-state index in [-0.39, 0.29) is 0 Å². The Morgan fingerprint density at radius 2 is 1.88 bits per heavy atom. The summed E-state index contributed by atoms with van der Waals surface area (Å²) in [6.45, 7) is 5.44. The highest BCUT2D eigenvalue weighted by atomic mass is 32.1. The van der Waals surface area contributed by atoms with E-state index in [1.807, 2.05) is 0 Å². The number of nitrogens with zero attached hydrogens (tertiary/aromatic N) is 2. The van der Waals surface area contributed by atoms with Crippen molar-refractivity contribution in [3.63, 3.8) is 0 Å². The molecular weight excluding hydrogens is 218 g/mol.